The zero-order chi connectivity index (χ0) is 12.6. The minimum Gasteiger partial charge on any atom is -0.313 e. The number of hydrogen-bond acceptors (Lipinski definition) is 2. The number of nitrogens with one attached hydrogen (secondary N) is 1. The van der Waals surface area contributed by atoms with Crippen molar-refractivity contribution in [2.75, 3.05) is 18.6 Å². The van der Waals surface area contributed by atoms with Crippen molar-refractivity contribution < 1.29 is 0 Å². The van der Waals surface area contributed by atoms with E-state index in [0.717, 1.165) is 19.0 Å². The van der Waals surface area contributed by atoms with Crippen LogP contribution in [0.4, 0.5) is 0 Å². The number of benzene rings is 1. The van der Waals surface area contributed by atoms with Gasteiger partial charge in [-0.25, -0.2) is 0 Å². The van der Waals surface area contributed by atoms with Gasteiger partial charge in [-0.3, -0.25) is 0 Å². The Morgan fingerprint density at radius 3 is 2.78 bits per heavy atom. The maximum absolute atomic E-state index is 3.59. The largest absolute Gasteiger partial charge is 0.313 e. The zero-order valence-electron chi connectivity index (χ0n) is 11.5. The molecule has 0 aliphatic heterocycles. The van der Waals surface area contributed by atoms with Crippen molar-refractivity contribution in [1.29, 1.82) is 0 Å². The first-order chi connectivity index (χ1) is 8.92. The van der Waals surface area contributed by atoms with Gasteiger partial charge in [0.05, 0.1) is 0 Å². The summed E-state index contributed by atoms with van der Waals surface area (Å²) in [6, 6.07) is 8.95. The van der Waals surface area contributed by atoms with Gasteiger partial charge in [-0.2, -0.15) is 11.8 Å². The lowest BCUT2D eigenvalue weighted by molar-refractivity contribution is 0.616. The van der Waals surface area contributed by atoms with Crippen LogP contribution >= 0.6 is 11.8 Å². The summed E-state index contributed by atoms with van der Waals surface area (Å²) in [6.45, 7) is 2.21. The predicted octanol–water partition coefficient (Wildman–Crippen LogP) is 4.19. The highest BCUT2D eigenvalue weighted by atomic mass is 32.2. The standard InChI is InChI=1S/C16H25NS/c1-18-12-6-2-5-11-17-13-15-7-3-4-8-16(15)14-9-10-14/h3-4,7-8,14,17H,2,5-6,9-13H2,1H3. The molecule has 0 spiro atoms. The van der Waals surface area contributed by atoms with Gasteiger partial charge in [0.15, 0.2) is 0 Å². The molecule has 2 heteroatoms. The Morgan fingerprint density at radius 2 is 2.00 bits per heavy atom. The van der Waals surface area contributed by atoms with Crippen LogP contribution in [0.25, 0.3) is 0 Å². The van der Waals surface area contributed by atoms with Gasteiger partial charge in [0.25, 0.3) is 0 Å². The molecule has 0 aromatic heterocycles. The van der Waals surface area contributed by atoms with Crippen LogP contribution in [-0.2, 0) is 6.54 Å². The summed E-state index contributed by atoms with van der Waals surface area (Å²) in [5.74, 6) is 2.18. The highest BCUT2D eigenvalue weighted by Crippen LogP contribution is 2.41. The van der Waals surface area contributed by atoms with E-state index in [1.807, 2.05) is 11.8 Å². The molecule has 18 heavy (non-hydrogen) atoms. The van der Waals surface area contributed by atoms with Crippen molar-refractivity contribution >= 4 is 11.8 Å². The Bertz CT molecular complexity index is 347. The second-order valence-electron chi connectivity index (χ2n) is 5.20. The third-order valence-electron chi connectivity index (χ3n) is 3.59. The molecule has 1 aliphatic rings. The lowest BCUT2D eigenvalue weighted by Gasteiger charge is -2.09. The van der Waals surface area contributed by atoms with Crippen LogP contribution in [-0.4, -0.2) is 18.6 Å². The summed E-state index contributed by atoms with van der Waals surface area (Å²) in [5.41, 5.74) is 3.11. The van der Waals surface area contributed by atoms with Crippen LogP contribution in [0.1, 0.15) is 49.1 Å². The van der Waals surface area contributed by atoms with Crippen molar-refractivity contribution in [3.8, 4) is 0 Å². The van der Waals surface area contributed by atoms with E-state index < -0.39 is 0 Å². The highest BCUT2D eigenvalue weighted by molar-refractivity contribution is 7.98. The van der Waals surface area contributed by atoms with Crippen LogP contribution in [0.15, 0.2) is 24.3 Å². The molecule has 2 rings (SSSR count). The van der Waals surface area contributed by atoms with E-state index in [-0.39, 0.29) is 0 Å². The summed E-state index contributed by atoms with van der Waals surface area (Å²) < 4.78 is 0. The molecule has 1 nitrogen and oxygen atoms in total. The van der Waals surface area contributed by atoms with E-state index in [1.54, 1.807) is 5.56 Å². The Hall–Kier alpha value is -0.470. The summed E-state index contributed by atoms with van der Waals surface area (Å²) in [6.07, 6.45) is 9.01. The lowest BCUT2D eigenvalue weighted by atomic mass is 10.0. The maximum Gasteiger partial charge on any atom is 0.0208 e. The number of thioether (sulfide) groups is 1. The second kappa shape index (κ2) is 7.85. The van der Waals surface area contributed by atoms with Crippen molar-refractivity contribution in [2.45, 2.75) is 44.6 Å². The Labute approximate surface area is 116 Å². The minimum absolute atomic E-state index is 0.865. The first kappa shape index (κ1) is 14.0. The average Bonchev–Trinajstić information content (AvgIpc) is 3.22. The van der Waals surface area contributed by atoms with E-state index in [9.17, 15) is 0 Å². The van der Waals surface area contributed by atoms with Crippen molar-refractivity contribution in [3.05, 3.63) is 35.4 Å². The van der Waals surface area contributed by atoms with Crippen molar-refractivity contribution in [1.82, 2.24) is 5.32 Å². The quantitative estimate of drug-likeness (QED) is 0.671. The first-order valence-corrected chi connectivity index (χ1v) is 8.58. The van der Waals surface area contributed by atoms with Crippen LogP contribution in [0.3, 0.4) is 0 Å². The van der Waals surface area contributed by atoms with Gasteiger partial charge in [0, 0.05) is 6.54 Å². The van der Waals surface area contributed by atoms with Crippen LogP contribution < -0.4 is 5.32 Å². The normalized spacial score (nSPS) is 14.9. The predicted molar refractivity (Wildman–Crippen MR) is 82.4 cm³/mol. The monoisotopic (exact) mass is 263 g/mol. The summed E-state index contributed by atoms with van der Waals surface area (Å²) in [4.78, 5) is 0. The van der Waals surface area contributed by atoms with Gasteiger partial charge in [0.1, 0.15) is 0 Å². The Balaban J connectivity index is 1.64. The third kappa shape index (κ3) is 4.66. The van der Waals surface area contributed by atoms with Gasteiger partial charge < -0.3 is 5.32 Å². The molecule has 0 radical (unpaired) electrons. The van der Waals surface area contributed by atoms with Gasteiger partial charge in [-0.15, -0.1) is 0 Å². The number of hydrogen-bond donors (Lipinski definition) is 1. The summed E-state index contributed by atoms with van der Waals surface area (Å²) in [5, 5.41) is 3.59. The molecule has 0 atom stereocenters. The van der Waals surface area contributed by atoms with Crippen molar-refractivity contribution in [2.24, 2.45) is 0 Å². The molecule has 1 saturated carbocycles. The fraction of sp³-hybridized carbons (Fsp3) is 0.625. The van der Waals surface area contributed by atoms with Gasteiger partial charge in [-0.1, -0.05) is 30.7 Å². The molecule has 100 valence electrons. The van der Waals surface area contributed by atoms with Crippen LogP contribution in [0, 0.1) is 0 Å². The summed E-state index contributed by atoms with van der Waals surface area (Å²) >= 11 is 1.95. The topological polar surface area (TPSA) is 12.0 Å². The van der Waals surface area contributed by atoms with E-state index in [4.69, 9.17) is 0 Å². The molecule has 1 N–H and O–H groups in total. The molecule has 1 aromatic rings. The highest BCUT2D eigenvalue weighted by Gasteiger charge is 2.25. The van der Waals surface area contributed by atoms with Crippen LogP contribution in [0.5, 0.6) is 0 Å². The third-order valence-corrected chi connectivity index (χ3v) is 4.29. The molecule has 1 fully saturated rings. The van der Waals surface area contributed by atoms with E-state index in [1.165, 1.54) is 43.4 Å². The second-order valence-corrected chi connectivity index (χ2v) is 6.19. The first-order valence-electron chi connectivity index (χ1n) is 7.19. The molecular formula is C16H25NS. The van der Waals surface area contributed by atoms with Gasteiger partial charge in [-0.05, 0) is 61.3 Å². The SMILES string of the molecule is CSCCCCCNCc1ccccc1C1CC1. The number of unbranched alkanes of at least 4 members (excludes halogenated alkanes) is 2. The van der Waals surface area contributed by atoms with E-state index in [0.29, 0.717) is 0 Å². The van der Waals surface area contributed by atoms with Gasteiger partial charge >= 0.3 is 0 Å². The molecule has 1 aliphatic carbocycles. The molecule has 1 aromatic carbocycles. The van der Waals surface area contributed by atoms with Crippen molar-refractivity contribution in [3.63, 3.8) is 0 Å². The molecular weight excluding hydrogens is 238 g/mol. The Kier molecular flexibility index (Phi) is 6.09. The molecule has 0 unspecified atom stereocenters. The fourth-order valence-corrected chi connectivity index (χ4v) is 2.88. The average molecular weight is 263 g/mol. The molecule has 0 heterocycles. The zero-order valence-corrected chi connectivity index (χ0v) is 12.3. The van der Waals surface area contributed by atoms with E-state index >= 15 is 0 Å². The smallest absolute Gasteiger partial charge is 0.0208 e. The molecule has 0 saturated heterocycles. The van der Waals surface area contributed by atoms with E-state index in [2.05, 4.69) is 35.8 Å². The molecule has 0 amide bonds. The number of rotatable bonds is 9. The minimum atomic E-state index is 0.865. The lowest BCUT2D eigenvalue weighted by Crippen LogP contribution is -2.15. The Morgan fingerprint density at radius 1 is 1.17 bits per heavy atom. The molecule has 0 bridgehead atoms. The summed E-state index contributed by atoms with van der Waals surface area (Å²) in [7, 11) is 0. The fourth-order valence-electron chi connectivity index (χ4n) is 2.38. The van der Waals surface area contributed by atoms with Gasteiger partial charge in [0.2, 0.25) is 0 Å². The maximum atomic E-state index is 3.59. The van der Waals surface area contributed by atoms with Crippen LogP contribution in [0.2, 0.25) is 0 Å².